The minimum atomic E-state index is -0.120. The van der Waals surface area contributed by atoms with E-state index in [9.17, 15) is 4.79 Å². The van der Waals surface area contributed by atoms with Gasteiger partial charge in [-0.25, -0.2) is 4.79 Å². The molecule has 2 heterocycles. The van der Waals surface area contributed by atoms with E-state index < -0.39 is 0 Å². The maximum absolute atomic E-state index is 12.2. The lowest BCUT2D eigenvalue weighted by molar-refractivity contribution is 0.00596. The predicted octanol–water partition coefficient (Wildman–Crippen LogP) is 1.90. The number of ether oxygens (including phenoxy) is 1. The van der Waals surface area contributed by atoms with Crippen LogP contribution in [-0.4, -0.2) is 46.9 Å². The highest BCUT2D eigenvalue weighted by molar-refractivity contribution is 5.88. The molecule has 3 rings (SSSR count). The Bertz CT molecular complexity index is 450. The predicted molar refractivity (Wildman–Crippen MR) is 74.3 cm³/mol. The summed E-state index contributed by atoms with van der Waals surface area (Å²) in [6, 6.07) is 3.36. The van der Waals surface area contributed by atoms with Crippen LogP contribution in [0.25, 0.3) is 0 Å². The summed E-state index contributed by atoms with van der Waals surface area (Å²) in [5, 5.41) is 10.4. The molecule has 6 nitrogen and oxygen atoms in total. The van der Waals surface area contributed by atoms with E-state index >= 15 is 0 Å². The van der Waals surface area contributed by atoms with Gasteiger partial charge in [-0.15, -0.1) is 5.10 Å². The van der Waals surface area contributed by atoms with E-state index in [1.165, 1.54) is 12.8 Å². The molecule has 1 aliphatic heterocycles. The molecule has 0 unspecified atom stereocenters. The van der Waals surface area contributed by atoms with E-state index in [1.807, 2.05) is 0 Å². The number of carbonyl (C=O) groups excluding carboxylic acids is 1. The molecule has 1 saturated carbocycles. The monoisotopic (exact) mass is 276 g/mol. The molecule has 1 N–H and O–H groups in total. The number of urea groups is 1. The standard InChI is InChI=1S/C14H20N4O2/c19-14(16-13-4-1-7-15-17-13)18-8-2-3-12(9-18)20-10-11-5-6-11/h1,4,7,11-12H,2-3,5-6,8-10H2,(H,16,17,19)/t12-/m0/s1. The van der Waals surface area contributed by atoms with Gasteiger partial charge in [-0.1, -0.05) is 0 Å². The van der Waals surface area contributed by atoms with Crippen molar-refractivity contribution in [1.29, 1.82) is 0 Å². The van der Waals surface area contributed by atoms with E-state index in [0.29, 0.717) is 12.4 Å². The molecular weight excluding hydrogens is 256 g/mol. The largest absolute Gasteiger partial charge is 0.376 e. The zero-order chi connectivity index (χ0) is 13.8. The van der Waals surface area contributed by atoms with Crippen LogP contribution in [0.5, 0.6) is 0 Å². The molecule has 1 aromatic heterocycles. The summed E-state index contributed by atoms with van der Waals surface area (Å²) in [5.41, 5.74) is 0. The third-order valence-corrected chi connectivity index (χ3v) is 3.74. The van der Waals surface area contributed by atoms with E-state index in [2.05, 4.69) is 15.5 Å². The third-order valence-electron chi connectivity index (χ3n) is 3.74. The number of nitrogens with one attached hydrogen (secondary N) is 1. The second-order valence-corrected chi connectivity index (χ2v) is 5.53. The van der Waals surface area contributed by atoms with Gasteiger partial charge in [0, 0.05) is 25.9 Å². The first-order valence-electron chi connectivity index (χ1n) is 7.26. The Morgan fingerprint density at radius 1 is 1.45 bits per heavy atom. The van der Waals surface area contributed by atoms with Gasteiger partial charge in [-0.05, 0) is 43.7 Å². The minimum Gasteiger partial charge on any atom is -0.376 e. The van der Waals surface area contributed by atoms with Crippen LogP contribution in [-0.2, 0) is 4.74 Å². The third kappa shape index (κ3) is 3.66. The van der Waals surface area contributed by atoms with Crippen molar-refractivity contribution in [3.8, 4) is 0 Å². The number of rotatable bonds is 4. The van der Waals surface area contributed by atoms with Gasteiger partial charge in [-0.2, -0.15) is 5.10 Å². The van der Waals surface area contributed by atoms with E-state index in [1.54, 1.807) is 23.2 Å². The highest BCUT2D eigenvalue weighted by Gasteiger charge is 2.27. The molecule has 1 atom stereocenters. The second-order valence-electron chi connectivity index (χ2n) is 5.53. The summed E-state index contributed by atoms with van der Waals surface area (Å²) < 4.78 is 5.89. The van der Waals surface area contributed by atoms with E-state index in [4.69, 9.17) is 4.74 Å². The molecule has 1 aliphatic carbocycles. The average molecular weight is 276 g/mol. The van der Waals surface area contributed by atoms with Gasteiger partial charge in [0.05, 0.1) is 6.10 Å². The van der Waals surface area contributed by atoms with Crippen LogP contribution in [0.1, 0.15) is 25.7 Å². The lowest BCUT2D eigenvalue weighted by Gasteiger charge is -2.32. The molecule has 20 heavy (non-hydrogen) atoms. The molecule has 0 spiro atoms. The average Bonchev–Trinajstić information content (AvgIpc) is 3.31. The Morgan fingerprint density at radius 3 is 3.10 bits per heavy atom. The van der Waals surface area contributed by atoms with Crippen molar-refractivity contribution in [2.24, 2.45) is 5.92 Å². The minimum absolute atomic E-state index is 0.120. The SMILES string of the molecule is O=C(Nc1cccnn1)N1CCC[C@H](OCC2CC2)C1. The van der Waals surface area contributed by atoms with Crippen molar-refractivity contribution in [2.75, 3.05) is 25.0 Å². The Hall–Kier alpha value is -1.69. The van der Waals surface area contributed by atoms with Crippen LogP contribution >= 0.6 is 0 Å². The highest BCUT2D eigenvalue weighted by Crippen LogP contribution is 2.30. The molecule has 1 saturated heterocycles. The first-order valence-corrected chi connectivity index (χ1v) is 7.26. The first kappa shape index (κ1) is 13.3. The van der Waals surface area contributed by atoms with Crippen LogP contribution in [0.15, 0.2) is 18.3 Å². The maximum Gasteiger partial charge on any atom is 0.323 e. The van der Waals surface area contributed by atoms with Crippen molar-refractivity contribution in [2.45, 2.75) is 31.8 Å². The quantitative estimate of drug-likeness (QED) is 0.912. The second kappa shape index (κ2) is 6.17. The first-order chi connectivity index (χ1) is 9.81. The normalized spacial score (nSPS) is 22.6. The van der Waals surface area contributed by atoms with Crippen molar-refractivity contribution < 1.29 is 9.53 Å². The summed E-state index contributed by atoms with van der Waals surface area (Å²) >= 11 is 0. The Kier molecular flexibility index (Phi) is 4.11. The fourth-order valence-electron chi connectivity index (χ4n) is 2.37. The Morgan fingerprint density at radius 2 is 2.35 bits per heavy atom. The number of hydrogen-bond donors (Lipinski definition) is 1. The Balaban J connectivity index is 1.49. The number of carbonyl (C=O) groups is 1. The van der Waals surface area contributed by atoms with E-state index in [0.717, 1.165) is 31.9 Å². The molecule has 2 fully saturated rings. The van der Waals surface area contributed by atoms with Crippen LogP contribution < -0.4 is 5.32 Å². The topological polar surface area (TPSA) is 67.4 Å². The highest BCUT2D eigenvalue weighted by atomic mass is 16.5. The maximum atomic E-state index is 12.2. The molecule has 0 bridgehead atoms. The fraction of sp³-hybridized carbons (Fsp3) is 0.643. The van der Waals surface area contributed by atoms with Crippen LogP contribution in [0.4, 0.5) is 10.6 Å². The Labute approximate surface area is 118 Å². The van der Waals surface area contributed by atoms with Gasteiger partial charge >= 0.3 is 6.03 Å². The number of likely N-dealkylation sites (tertiary alicyclic amines) is 1. The summed E-state index contributed by atoms with van der Waals surface area (Å²) in [7, 11) is 0. The van der Waals surface area contributed by atoms with E-state index in [-0.39, 0.29) is 12.1 Å². The summed E-state index contributed by atoms with van der Waals surface area (Å²) in [4.78, 5) is 14.0. The van der Waals surface area contributed by atoms with Gasteiger partial charge in [0.15, 0.2) is 5.82 Å². The summed E-state index contributed by atoms with van der Waals surface area (Å²) in [6.45, 7) is 2.29. The number of hydrogen-bond acceptors (Lipinski definition) is 4. The molecule has 1 aromatic rings. The van der Waals surface area contributed by atoms with Gasteiger partial charge < -0.3 is 9.64 Å². The molecular formula is C14H20N4O2. The molecule has 0 aromatic carbocycles. The van der Waals surface area contributed by atoms with Crippen LogP contribution in [0.3, 0.4) is 0 Å². The number of piperidine rings is 1. The molecule has 6 heteroatoms. The van der Waals surface area contributed by atoms with Gasteiger partial charge in [0.1, 0.15) is 0 Å². The number of anilines is 1. The van der Waals surface area contributed by atoms with Crippen molar-refractivity contribution >= 4 is 11.8 Å². The van der Waals surface area contributed by atoms with Crippen molar-refractivity contribution in [1.82, 2.24) is 15.1 Å². The molecule has 2 aliphatic rings. The zero-order valence-corrected chi connectivity index (χ0v) is 11.5. The summed E-state index contributed by atoms with van der Waals surface area (Å²) in [5.74, 6) is 1.25. The number of amides is 2. The van der Waals surface area contributed by atoms with Crippen molar-refractivity contribution in [3.63, 3.8) is 0 Å². The molecule has 2 amide bonds. The zero-order valence-electron chi connectivity index (χ0n) is 11.5. The lowest BCUT2D eigenvalue weighted by atomic mass is 10.1. The van der Waals surface area contributed by atoms with Gasteiger partial charge in [0.25, 0.3) is 0 Å². The van der Waals surface area contributed by atoms with Crippen LogP contribution in [0.2, 0.25) is 0 Å². The summed E-state index contributed by atoms with van der Waals surface area (Å²) in [6.07, 6.45) is 6.38. The fourth-order valence-corrected chi connectivity index (χ4v) is 2.37. The number of aromatic nitrogens is 2. The molecule has 108 valence electrons. The van der Waals surface area contributed by atoms with Crippen molar-refractivity contribution in [3.05, 3.63) is 18.3 Å². The molecule has 0 radical (unpaired) electrons. The smallest absolute Gasteiger partial charge is 0.323 e. The lowest BCUT2D eigenvalue weighted by Crippen LogP contribution is -2.45. The van der Waals surface area contributed by atoms with Gasteiger partial charge in [-0.3, -0.25) is 5.32 Å². The number of nitrogens with zero attached hydrogens (tertiary/aromatic N) is 3. The van der Waals surface area contributed by atoms with Crippen LogP contribution in [0, 0.1) is 5.92 Å². The van der Waals surface area contributed by atoms with Gasteiger partial charge in [0.2, 0.25) is 0 Å².